The smallest absolute Gasteiger partial charge is 0.335 e. The Bertz CT molecular complexity index is 1640. The van der Waals surface area contributed by atoms with E-state index in [-0.39, 0.29) is 34.6 Å². The first-order chi connectivity index (χ1) is 20.9. The van der Waals surface area contributed by atoms with Crippen LogP contribution in [0.1, 0.15) is 86.3 Å². The number of ether oxygens (including phenoxy) is 1. The van der Waals surface area contributed by atoms with Crippen molar-refractivity contribution in [2.75, 3.05) is 0 Å². The highest BCUT2D eigenvalue weighted by Gasteiger charge is 2.49. The summed E-state index contributed by atoms with van der Waals surface area (Å²) < 4.78 is 6.16. The molecule has 1 N–H and O–H groups in total. The second-order valence-corrected chi connectivity index (χ2v) is 14.0. The van der Waals surface area contributed by atoms with Crippen molar-refractivity contribution in [3.8, 4) is 5.75 Å². The summed E-state index contributed by atoms with van der Waals surface area (Å²) in [5, 5.41) is 9.20. The predicted octanol–water partition coefficient (Wildman–Crippen LogP) is 7.85. The van der Waals surface area contributed by atoms with E-state index in [9.17, 15) is 19.5 Å². The molecule has 6 rings (SSSR count). The third kappa shape index (κ3) is 5.86. The van der Waals surface area contributed by atoms with Gasteiger partial charge in [-0.3, -0.25) is 9.59 Å². The first-order valence-electron chi connectivity index (χ1n) is 15.3. The lowest BCUT2D eigenvalue weighted by Crippen LogP contribution is -2.44. The molecule has 0 aromatic heterocycles. The molecule has 1 heterocycles. The van der Waals surface area contributed by atoms with Crippen molar-refractivity contribution in [3.63, 3.8) is 0 Å². The van der Waals surface area contributed by atoms with Crippen molar-refractivity contribution in [3.05, 3.63) is 124 Å². The summed E-state index contributed by atoms with van der Waals surface area (Å²) in [5.74, 6) is -0.573. The molecule has 0 unspecified atom stereocenters. The van der Waals surface area contributed by atoms with E-state index in [1.165, 1.54) is 0 Å². The normalized spacial score (nSPS) is 19.5. The zero-order valence-electron chi connectivity index (χ0n) is 25.9. The quantitative estimate of drug-likeness (QED) is 0.302. The molecule has 3 aliphatic rings. The van der Waals surface area contributed by atoms with Crippen molar-refractivity contribution in [1.82, 2.24) is 4.90 Å². The molecule has 0 saturated heterocycles. The SMILES string of the molecule is CC1(C)CC(=O)C2=C(C1)N(Cc1ccccc1)C1=C(C(=O)CC(C)(C)C1)C2c1cccc(OCc2ccc(C(=O)O)cc2)c1. The van der Waals surface area contributed by atoms with Crippen LogP contribution in [0.15, 0.2) is 101 Å². The van der Waals surface area contributed by atoms with E-state index in [0.717, 1.165) is 52.1 Å². The number of carboxylic acid groups (broad SMARTS) is 1. The first-order valence-corrected chi connectivity index (χ1v) is 15.3. The molecular formula is C38H39NO5. The minimum Gasteiger partial charge on any atom is -0.489 e. The van der Waals surface area contributed by atoms with Crippen molar-refractivity contribution < 1.29 is 24.2 Å². The summed E-state index contributed by atoms with van der Waals surface area (Å²) >= 11 is 0. The van der Waals surface area contributed by atoms with E-state index >= 15 is 0 Å². The van der Waals surface area contributed by atoms with Crippen LogP contribution in [0, 0.1) is 10.8 Å². The molecule has 3 aromatic carbocycles. The standard InChI is InChI=1S/C38H39NO5/c1-37(2)18-29-34(31(40)20-37)33(27-11-8-12-28(17-27)44-23-25-13-15-26(16-14-25)36(42)43)35-30(19-38(3,4)21-32(35)41)39(29)22-24-9-6-5-7-10-24/h5-17,33H,18-23H2,1-4H3,(H,42,43). The molecule has 1 aliphatic heterocycles. The molecule has 226 valence electrons. The molecule has 0 bridgehead atoms. The van der Waals surface area contributed by atoms with Crippen LogP contribution >= 0.6 is 0 Å². The highest BCUT2D eigenvalue weighted by atomic mass is 16.5. The maximum absolute atomic E-state index is 14.1. The number of aromatic carboxylic acids is 1. The number of benzene rings is 3. The summed E-state index contributed by atoms with van der Waals surface area (Å²) in [6, 6.07) is 24.7. The Morgan fingerprint density at radius 3 is 1.93 bits per heavy atom. The Labute approximate surface area is 259 Å². The number of nitrogens with zero attached hydrogens (tertiary/aromatic N) is 1. The minimum atomic E-state index is -0.969. The van der Waals surface area contributed by atoms with Gasteiger partial charge in [-0.2, -0.15) is 0 Å². The first kappa shape index (κ1) is 29.6. The molecule has 0 spiro atoms. The van der Waals surface area contributed by atoms with Gasteiger partial charge in [0.05, 0.1) is 5.56 Å². The molecule has 0 fully saturated rings. The summed E-state index contributed by atoms with van der Waals surface area (Å²) in [7, 11) is 0. The van der Waals surface area contributed by atoms with Crippen LogP contribution in [0.2, 0.25) is 0 Å². The van der Waals surface area contributed by atoms with Crippen molar-refractivity contribution in [2.24, 2.45) is 10.8 Å². The highest BCUT2D eigenvalue weighted by molar-refractivity contribution is 6.06. The molecular weight excluding hydrogens is 550 g/mol. The second-order valence-electron chi connectivity index (χ2n) is 14.0. The van der Waals surface area contributed by atoms with Crippen LogP contribution in [0.3, 0.4) is 0 Å². The monoisotopic (exact) mass is 589 g/mol. The van der Waals surface area contributed by atoms with E-state index in [0.29, 0.717) is 25.1 Å². The summed E-state index contributed by atoms with van der Waals surface area (Å²) in [6.45, 7) is 9.50. The van der Waals surface area contributed by atoms with Gasteiger partial charge in [0.15, 0.2) is 11.6 Å². The lowest BCUT2D eigenvalue weighted by molar-refractivity contribution is -0.119. The van der Waals surface area contributed by atoms with Gasteiger partial charge < -0.3 is 14.7 Å². The van der Waals surface area contributed by atoms with Crippen molar-refractivity contribution in [2.45, 2.75) is 72.4 Å². The average Bonchev–Trinajstić information content (AvgIpc) is 2.96. The molecule has 2 aliphatic carbocycles. The lowest BCUT2D eigenvalue weighted by atomic mass is 9.63. The molecule has 3 aromatic rings. The number of carbonyl (C=O) groups excluding carboxylic acids is 2. The number of hydrogen-bond acceptors (Lipinski definition) is 5. The van der Waals surface area contributed by atoms with Gasteiger partial charge in [0, 0.05) is 47.8 Å². The van der Waals surface area contributed by atoms with Gasteiger partial charge in [-0.05, 0) is 64.6 Å². The number of ketones is 2. The van der Waals surface area contributed by atoms with Crippen LogP contribution in [-0.2, 0) is 22.7 Å². The average molecular weight is 590 g/mol. The van der Waals surface area contributed by atoms with E-state index in [4.69, 9.17) is 4.74 Å². The van der Waals surface area contributed by atoms with Crippen LogP contribution in [-0.4, -0.2) is 27.5 Å². The Hall–Kier alpha value is -4.45. The van der Waals surface area contributed by atoms with Gasteiger partial charge in [-0.15, -0.1) is 0 Å². The number of hydrogen-bond donors (Lipinski definition) is 1. The Morgan fingerprint density at radius 1 is 0.773 bits per heavy atom. The van der Waals surface area contributed by atoms with Crippen molar-refractivity contribution >= 4 is 17.5 Å². The maximum Gasteiger partial charge on any atom is 0.335 e. The molecule has 6 heteroatoms. The topological polar surface area (TPSA) is 83.9 Å². The van der Waals surface area contributed by atoms with Crippen LogP contribution in [0.4, 0.5) is 0 Å². The van der Waals surface area contributed by atoms with Gasteiger partial charge in [-0.1, -0.05) is 82.3 Å². The lowest BCUT2D eigenvalue weighted by Gasteiger charge is -2.49. The van der Waals surface area contributed by atoms with Gasteiger partial charge >= 0.3 is 5.97 Å². The summed E-state index contributed by atoms with van der Waals surface area (Å²) in [6.07, 6.45) is 2.38. The molecule has 0 amide bonds. The van der Waals surface area contributed by atoms with Gasteiger partial charge in [0.2, 0.25) is 0 Å². The Morgan fingerprint density at radius 2 is 1.36 bits per heavy atom. The zero-order chi connectivity index (χ0) is 31.2. The fraction of sp³-hybridized carbons (Fsp3) is 0.342. The number of carbonyl (C=O) groups is 3. The van der Waals surface area contributed by atoms with Crippen molar-refractivity contribution in [1.29, 1.82) is 0 Å². The Balaban J connectivity index is 1.43. The summed E-state index contributed by atoms with van der Waals surface area (Å²) in [4.78, 5) is 41.7. The van der Waals surface area contributed by atoms with E-state index in [2.05, 4.69) is 44.7 Å². The van der Waals surface area contributed by atoms with E-state index < -0.39 is 11.9 Å². The fourth-order valence-electron chi connectivity index (χ4n) is 7.03. The molecule has 44 heavy (non-hydrogen) atoms. The third-order valence-electron chi connectivity index (χ3n) is 9.00. The molecule has 0 atom stereocenters. The highest BCUT2D eigenvalue weighted by Crippen LogP contribution is 2.55. The molecule has 6 nitrogen and oxygen atoms in total. The van der Waals surface area contributed by atoms with Gasteiger partial charge in [0.1, 0.15) is 12.4 Å². The number of allylic oxidation sites excluding steroid dienone is 4. The zero-order valence-corrected chi connectivity index (χ0v) is 25.9. The third-order valence-corrected chi connectivity index (χ3v) is 9.00. The van der Waals surface area contributed by atoms with Crippen LogP contribution < -0.4 is 4.74 Å². The summed E-state index contributed by atoms with van der Waals surface area (Å²) in [5.41, 5.74) is 6.27. The largest absolute Gasteiger partial charge is 0.489 e. The second kappa shape index (κ2) is 11.2. The van der Waals surface area contributed by atoms with Gasteiger partial charge in [0.25, 0.3) is 0 Å². The Kier molecular flexibility index (Phi) is 7.56. The molecule has 0 radical (unpaired) electrons. The van der Waals surface area contributed by atoms with Gasteiger partial charge in [-0.25, -0.2) is 4.79 Å². The maximum atomic E-state index is 14.1. The molecule has 0 saturated carbocycles. The van der Waals surface area contributed by atoms with Crippen LogP contribution in [0.25, 0.3) is 0 Å². The number of Topliss-reactive ketones (excluding diaryl/α,β-unsaturated/α-hetero) is 2. The van der Waals surface area contributed by atoms with E-state index in [1.807, 2.05) is 42.5 Å². The minimum absolute atomic E-state index is 0.105. The number of carboxylic acids is 1. The number of rotatable bonds is 7. The van der Waals surface area contributed by atoms with Crippen LogP contribution in [0.5, 0.6) is 5.75 Å². The predicted molar refractivity (Wildman–Crippen MR) is 169 cm³/mol. The van der Waals surface area contributed by atoms with E-state index in [1.54, 1.807) is 24.3 Å². The fourth-order valence-corrected chi connectivity index (χ4v) is 7.03.